The van der Waals surface area contributed by atoms with Crippen LogP contribution in [0.2, 0.25) is 0 Å². The van der Waals surface area contributed by atoms with Gasteiger partial charge >= 0.3 is 0 Å². The molecule has 1 aliphatic rings. The summed E-state index contributed by atoms with van der Waals surface area (Å²) in [5, 5.41) is 9.87. The molecule has 0 atom stereocenters. The van der Waals surface area contributed by atoms with Crippen LogP contribution < -0.4 is 10.0 Å². The normalized spacial score (nSPS) is 20.6. The Labute approximate surface area is 127 Å². The second kappa shape index (κ2) is 5.37. The smallest absolute Gasteiger partial charge is 0.258 e. The first-order chi connectivity index (χ1) is 9.64. The molecular weight excluding hydrogens is 288 g/mol. The van der Waals surface area contributed by atoms with Crippen molar-refractivity contribution in [2.75, 3.05) is 6.54 Å². The quantitative estimate of drug-likeness (QED) is 0.668. The average Bonchev–Trinajstić information content (AvgIpc) is 2.78. The van der Waals surface area contributed by atoms with Crippen LogP contribution in [0.1, 0.15) is 46.6 Å². The van der Waals surface area contributed by atoms with Crippen LogP contribution in [0.4, 0.5) is 0 Å². The molecule has 3 N–H and O–H groups in total. The second-order valence-corrected chi connectivity index (χ2v) is 8.55. The topological polar surface area (TPSA) is 86.9 Å². The van der Waals surface area contributed by atoms with E-state index >= 15 is 0 Å². The predicted octanol–water partition coefficient (Wildman–Crippen LogP) is 1.62. The summed E-state index contributed by atoms with van der Waals surface area (Å²) < 4.78 is 27.9. The van der Waals surface area contributed by atoms with E-state index in [0.29, 0.717) is 12.1 Å². The third-order valence-corrected chi connectivity index (χ3v) is 6.42. The van der Waals surface area contributed by atoms with E-state index in [-0.39, 0.29) is 21.9 Å². The molecular formula is C14H26N4O2S. The highest BCUT2D eigenvalue weighted by molar-refractivity contribution is 7.89. The molecule has 0 aliphatic heterocycles. The zero-order chi connectivity index (χ0) is 15.9. The third-order valence-electron chi connectivity index (χ3n) is 4.98. The van der Waals surface area contributed by atoms with Crippen LogP contribution >= 0.6 is 0 Å². The van der Waals surface area contributed by atoms with E-state index in [2.05, 4.69) is 54.9 Å². The number of hydrogen-bond donors (Lipinski definition) is 3. The van der Waals surface area contributed by atoms with Crippen LogP contribution in [0.5, 0.6) is 0 Å². The molecule has 0 bridgehead atoms. The number of aromatic nitrogens is 2. The van der Waals surface area contributed by atoms with Gasteiger partial charge in [0.05, 0.1) is 6.20 Å². The molecule has 0 spiro atoms. The number of H-pyrrole nitrogens is 1. The number of nitrogens with one attached hydrogen (secondary N) is 3. The number of hydrogen-bond acceptors (Lipinski definition) is 4. The first-order valence-corrected chi connectivity index (χ1v) is 8.88. The summed E-state index contributed by atoms with van der Waals surface area (Å²) in [6.07, 6.45) is 2.57. The minimum atomic E-state index is -3.57. The lowest BCUT2D eigenvalue weighted by Gasteiger charge is -2.09. The summed E-state index contributed by atoms with van der Waals surface area (Å²) in [4.78, 5) is 0. The van der Waals surface area contributed by atoms with Crippen molar-refractivity contribution in [2.45, 2.75) is 58.7 Å². The molecule has 1 aromatic rings. The Balaban J connectivity index is 2.13. The van der Waals surface area contributed by atoms with E-state index in [1.807, 2.05) is 0 Å². The van der Waals surface area contributed by atoms with Gasteiger partial charge in [-0.1, -0.05) is 34.6 Å². The number of sulfonamides is 1. The van der Waals surface area contributed by atoms with Crippen LogP contribution in [0.25, 0.3) is 0 Å². The van der Waals surface area contributed by atoms with Crippen molar-refractivity contribution in [3.05, 3.63) is 11.8 Å². The largest absolute Gasteiger partial charge is 0.313 e. The van der Waals surface area contributed by atoms with Gasteiger partial charge in [0.15, 0.2) is 5.03 Å². The van der Waals surface area contributed by atoms with Gasteiger partial charge in [0.2, 0.25) is 0 Å². The Kier molecular flexibility index (Phi) is 4.21. The van der Waals surface area contributed by atoms with Crippen molar-refractivity contribution in [3.63, 3.8) is 0 Å². The van der Waals surface area contributed by atoms with Crippen molar-refractivity contribution < 1.29 is 8.42 Å². The van der Waals surface area contributed by atoms with Crippen molar-refractivity contribution in [1.82, 2.24) is 20.2 Å². The maximum absolute atomic E-state index is 12.6. The van der Waals surface area contributed by atoms with Gasteiger partial charge < -0.3 is 5.32 Å². The Morgan fingerprint density at radius 1 is 1.29 bits per heavy atom. The minimum Gasteiger partial charge on any atom is -0.313 e. The van der Waals surface area contributed by atoms with Gasteiger partial charge in [0.25, 0.3) is 10.0 Å². The summed E-state index contributed by atoms with van der Waals surface area (Å²) in [6.45, 7) is 11.7. The molecule has 1 aromatic heterocycles. The first kappa shape index (κ1) is 16.5. The molecule has 7 heteroatoms. The van der Waals surface area contributed by atoms with Crippen LogP contribution in [-0.2, 0) is 16.6 Å². The summed E-state index contributed by atoms with van der Waals surface area (Å²) in [6, 6.07) is -0.0604. The SMILES string of the molecule is CCCNCc1cn[nH]c1S(=O)(=O)NC1C(C)(C)C1(C)C. The molecule has 1 aliphatic carbocycles. The molecule has 1 heterocycles. The second-order valence-electron chi connectivity index (χ2n) is 6.90. The maximum Gasteiger partial charge on any atom is 0.258 e. The van der Waals surface area contributed by atoms with Crippen LogP contribution in [0.3, 0.4) is 0 Å². The van der Waals surface area contributed by atoms with Crippen LogP contribution in [0, 0.1) is 10.8 Å². The van der Waals surface area contributed by atoms with Gasteiger partial charge in [-0.15, -0.1) is 0 Å². The molecule has 6 nitrogen and oxygen atoms in total. The van der Waals surface area contributed by atoms with Crippen molar-refractivity contribution in [3.8, 4) is 0 Å². The Morgan fingerprint density at radius 3 is 2.43 bits per heavy atom. The zero-order valence-electron chi connectivity index (χ0n) is 13.4. The summed E-state index contributed by atoms with van der Waals surface area (Å²) in [7, 11) is -3.57. The lowest BCUT2D eigenvalue weighted by Crippen LogP contribution is -2.31. The van der Waals surface area contributed by atoms with Crippen molar-refractivity contribution >= 4 is 10.0 Å². The fourth-order valence-electron chi connectivity index (χ4n) is 2.76. The zero-order valence-corrected chi connectivity index (χ0v) is 14.3. The standard InChI is InChI=1S/C14H26N4O2S/c1-6-7-15-8-10-9-16-17-11(10)21(19,20)18-12-13(2,3)14(12,4)5/h9,12,15,18H,6-8H2,1-5H3,(H,16,17). The average molecular weight is 314 g/mol. The fraction of sp³-hybridized carbons (Fsp3) is 0.786. The Hall–Kier alpha value is -0.920. The molecule has 0 saturated heterocycles. The highest BCUT2D eigenvalue weighted by atomic mass is 32.2. The summed E-state index contributed by atoms with van der Waals surface area (Å²) in [5.74, 6) is 0. The van der Waals surface area contributed by atoms with E-state index in [1.54, 1.807) is 6.20 Å². The molecule has 1 saturated carbocycles. The molecule has 2 rings (SSSR count). The minimum absolute atomic E-state index is 0.0410. The maximum atomic E-state index is 12.6. The van der Waals surface area contributed by atoms with Crippen molar-refractivity contribution in [1.29, 1.82) is 0 Å². The monoisotopic (exact) mass is 314 g/mol. The van der Waals surface area contributed by atoms with E-state index in [0.717, 1.165) is 13.0 Å². The highest BCUT2D eigenvalue weighted by Gasteiger charge is 2.66. The first-order valence-electron chi connectivity index (χ1n) is 7.40. The van der Waals surface area contributed by atoms with Gasteiger partial charge in [-0.3, -0.25) is 5.10 Å². The van der Waals surface area contributed by atoms with E-state index in [9.17, 15) is 8.42 Å². The highest BCUT2D eigenvalue weighted by Crippen LogP contribution is 2.62. The third kappa shape index (κ3) is 2.86. The lowest BCUT2D eigenvalue weighted by atomic mass is 10.0. The number of rotatable bonds is 7. The number of aromatic amines is 1. The lowest BCUT2D eigenvalue weighted by molar-refractivity contribution is 0.457. The van der Waals surface area contributed by atoms with Gasteiger partial charge in [-0.25, -0.2) is 13.1 Å². The molecule has 120 valence electrons. The fourth-order valence-corrected chi connectivity index (χ4v) is 4.42. The Bertz CT molecular complexity index is 590. The van der Waals surface area contributed by atoms with Gasteiger partial charge in [0.1, 0.15) is 0 Å². The predicted molar refractivity (Wildman–Crippen MR) is 82.3 cm³/mol. The van der Waals surface area contributed by atoms with Crippen LogP contribution in [-0.4, -0.2) is 31.2 Å². The molecule has 0 amide bonds. The number of nitrogens with zero attached hydrogens (tertiary/aromatic N) is 1. The molecule has 21 heavy (non-hydrogen) atoms. The molecule has 1 fully saturated rings. The van der Waals surface area contributed by atoms with Gasteiger partial charge in [-0.05, 0) is 23.8 Å². The van der Waals surface area contributed by atoms with E-state index < -0.39 is 10.0 Å². The molecule has 0 aromatic carbocycles. The summed E-state index contributed by atoms with van der Waals surface area (Å²) in [5.41, 5.74) is 0.591. The van der Waals surface area contributed by atoms with E-state index in [4.69, 9.17) is 0 Å². The Morgan fingerprint density at radius 2 is 1.90 bits per heavy atom. The molecule has 0 unspecified atom stereocenters. The van der Waals surface area contributed by atoms with Gasteiger partial charge in [0, 0.05) is 18.2 Å². The van der Waals surface area contributed by atoms with E-state index in [1.165, 1.54) is 0 Å². The van der Waals surface area contributed by atoms with Crippen molar-refractivity contribution in [2.24, 2.45) is 10.8 Å². The van der Waals surface area contributed by atoms with Gasteiger partial charge in [-0.2, -0.15) is 5.10 Å². The molecule has 0 radical (unpaired) electrons. The summed E-state index contributed by atoms with van der Waals surface area (Å²) >= 11 is 0. The van der Waals surface area contributed by atoms with Crippen LogP contribution in [0.15, 0.2) is 11.2 Å².